The van der Waals surface area contributed by atoms with Gasteiger partial charge in [0.05, 0.1) is 24.0 Å². The van der Waals surface area contributed by atoms with Crippen molar-refractivity contribution in [1.29, 1.82) is 0 Å². The van der Waals surface area contributed by atoms with E-state index in [-0.39, 0.29) is 17.8 Å². The molecule has 10 heteroatoms. The van der Waals surface area contributed by atoms with Crippen LogP contribution in [0.2, 0.25) is 0 Å². The maximum atomic E-state index is 14.0. The molecule has 0 unspecified atom stereocenters. The van der Waals surface area contributed by atoms with Gasteiger partial charge < -0.3 is 15.1 Å². The summed E-state index contributed by atoms with van der Waals surface area (Å²) in [6.45, 7) is 4.31. The quantitative estimate of drug-likeness (QED) is 0.266. The molecule has 1 aliphatic rings. The van der Waals surface area contributed by atoms with Crippen molar-refractivity contribution < 1.29 is 9.21 Å². The normalized spacial score (nSPS) is 14.6. The molecule has 9 nitrogen and oxygen atoms in total. The Morgan fingerprint density at radius 1 is 1.12 bits per heavy atom. The fourth-order valence-electron chi connectivity index (χ4n) is 4.68. The third-order valence-electron chi connectivity index (χ3n) is 6.83. The summed E-state index contributed by atoms with van der Waals surface area (Å²) in [6.07, 6.45) is 7.40. The van der Waals surface area contributed by atoms with Gasteiger partial charge in [0.2, 0.25) is 11.8 Å². The van der Waals surface area contributed by atoms with Crippen molar-refractivity contribution in [2.24, 2.45) is 5.73 Å². The van der Waals surface area contributed by atoms with Crippen LogP contribution in [0.1, 0.15) is 52.3 Å². The second-order valence-corrected chi connectivity index (χ2v) is 11.4. The van der Waals surface area contributed by atoms with Gasteiger partial charge in [-0.15, -0.1) is 21.5 Å². The molecule has 0 aliphatic heterocycles. The highest BCUT2D eigenvalue weighted by Gasteiger charge is 2.34. The molecule has 202 valence electrons. The largest absolute Gasteiger partial charge is 0.419 e. The van der Waals surface area contributed by atoms with Gasteiger partial charge in [-0.05, 0) is 56.9 Å². The van der Waals surface area contributed by atoms with E-state index in [0.717, 1.165) is 34.7 Å². The molecule has 3 heterocycles. The van der Waals surface area contributed by atoms with Crippen molar-refractivity contribution in [2.45, 2.75) is 51.2 Å². The molecule has 1 amide bonds. The summed E-state index contributed by atoms with van der Waals surface area (Å²) in [5, 5.41) is 11.6. The van der Waals surface area contributed by atoms with Crippen LogP contribution >= 0.6 is 11.3 Å². The molecule has 2 aromatic carbocycles. The van der Waals surface area contributed by atoms with Crippen LogP contribution < -0.4 is 5.73 Å². The molecule has 0 bridgehead atoms. The Balaban J connectivity index is 1.36. The van der Waals surface area contributed by atoms with E-state index >= 15 is 0 Å². The lowest BCUT2D eigenvalue weighted by Crippen LogP contribution is -2.35. The van der Waals surface area contributed by atoms with Gasteiger partial charge in [0.15, 0.2) is 0 Å². The fourth-order valence-corrected chi connectivity index (χ4v) is 5.45. The van der Waals surface area contributed by atoms with E-state index in [1.165, 1.54) is 0 Å². The summed E-state index contributed by atoms with van der Waals surface area (Å²) < 4.78 is 6.13. The summed E-state index contributed by atoms with van der Waals surface area (Å²) in [5.41, 5.74) is 10.3. The number of thiazole rings is 1. The van der Waals surface area contributed by atoms with Gasteiger partial charge in [0, 0.05) is 46.2 Å². The smallest absolute Gasteiger partial charge is 0.254 e. The number of aromatic nitrogens is 5. The molecule has 5 aromatic rings. The molecule has 1 atom stereocenters. The van der Waals surface area contributed by atoms with Crippen LogP contribution in [-0.2, 0) is 18.5 Å². The van der Waals surface area contributed by atoms with Gasteiger partial charge in [-0.2, -0.15) is 0 Å². The Bertz CT molecular complexity index is 1630. The molecule has 2 N–H and O–H groups in total. The summed E-state index contributed by atoms with van der Waals surface area (Å²) in [4.78, 5) is 29.1. The Morgan fingerprint density at radius 3 is 2.62 bits per heavy atom. The summed E-state index contributed by atoms with van der Waals surface area (Å²) in [5.74, 6) is 0.533. The van der Waals surface area contributed by atoms with Crippen molar-refractivity contribution >= 4 is 17.2 Å². The van der Waals surface area contributed by atoms with Crippen molar-refractivity contribution in [1.82, 2.24) is 30.0 Å². The van der Waals surface area contributed by atoms with Gasteiger partial charge in [0.1, 0.15) is 5.01 Å². The zero-order chi connectivity index (χ0) is 27.7. The monoisotopic (exact) mass is 551 g/mol. The lowest BCUT2D eigenvalue weighted by molar-refractivity contribution is 0.0730. The van der Waals surface area contributed by atoms with Crippen molar-refractivity contribution in [3.63, 3.8) is 0 Å². The van der Waals surface area contributed by atoms with Crippen LogP contribution in [0, 0.1) is 6.92 Å². The molecule has 0 spiro atoms. The van der Waals surface area contributed by atoms with E-state index in [2.05, 4.69) is 25.1 Å². The number of benzene rings is 2. The van der Waals surface area contributed by atoms with E-state index in [1.807, 2.05) is 66.6 Å². The molecule has 0 radical (unpaired) electrons. The van der Waals surface area contributed by atoms with Crippen molar-refractivity contribution in [2.75, 3.05) is 0 Å². The Labute approximate surface area is 236 Å². The zero-order valence-corrected chi connectivity index (χ0v) is 23.1. The molecule has 1 aliphatic carbocycles. The van der Waals surface area contributed by atoms with Crippen LogP contribution in [0.15, 0.2) is 76.9 Å². The maximum absolute atomic E-state index is 14.0. The third-order valence-corrected chi connectivity index (χ3v) is 7.79. The second-order valence-electron chi connectivity index (χ2n) is 10.4. The van der Waals surface area contributed by atoms with Crippen LogP contribution in [0.3, 0.4) is 0 Å². The van der Waals surface area contributed by atoms with Gasteiger partial charge in [-0.3, -0.25) is 14.8 Å². The molecular formula is C30H29N7O2S. The number of hydrogen-bond donors (Lipinski definition) is 1. The predicted octanol–water partition coefficient (Wildman–Crippen LogP) is 5.18. The highest BCUT2D eigenvalue weighted by Crippen LogP contribution is 2.33. The van der Waals surface area contributed by atoms with Crippen molar-refractivity contribution in [3.8, 4) is 22.7 Å². The summed E-state index contributed by atoms with van der Waals surface area (Å²) >= 11 is 1.57. The average Bonchev–Trinajstić information content (AvgIpc) is 3.51. The number of nitrogens with zero attached hydrogens (tertiary/aromatic N) is 6. The van der Waals surface area contributed by atoms with Crippen LogP contribution in [0.4, 0.5) is 0 Å². The summed E-state index contributed by atoms with van der Waals surface area (Å²) in [6, 6.07) is 15.7. The highest BCUT2D eigenvalue weighted by molar-refractivity contribution is 7.09. The van der Waals surface area contributed by atoms with Gasteiger partial charge in [-0.25, -0.2) is 4.98 Å². The number of nitrogens with two attached hydrogens (primary N) is 1. The minimum absolute atomic E-state index is 0.0742. The van der Waals surface area contributed by atoms with Gasteiger partial charge >= 0.3 is 0 Å². The number of hydrogen-bond acceptors (Lipinski definition) is 9. The maximum Gasteiger partial charge on any atom is 0.254 e. The van der Waals surface area contributed by atoms with Crippen LogP contribution in [0.5, 0.6) is 0 Å². The lowest BCUT2D eigenvalue weighted by Gasteiger charge is -2.22. The first kappa shape index (κ1) is 26.0. The van der Waals surface area contributed by atoms with Crippen LogP contribution in [-0.4, -0.2) is 42.0 Å². The van der Waals surface area contributed by atoms with Gasteiger partial charge in [-0.1, -0.05) is 30.3 Å². The Morgan fingerprint density at radius 2 is 1.93 bits per heavy atom. The highest BCUT2D eigenvalue weighted by atomic mass is 32.1. The molecule has 1 fully saturated rings. The molecule has 0 saturated heterocycles. The number of rotatable bonds is 9. The average molecular weight is 552 g/mol. The topological polar surface area (TPSA) is 124 Å². The molecule has 1 saturated carbocycles. The number of aryl methyl sites for hydroxylation is 1. The fraction of sp³-hybridized carbons (Fsp3) is 0.267. The first-order chi connectivity index (χ1) is 19.4. The second kappa shape index (κ2) is 10.7. The minimum atomic E-state index is -0.873. The first-order valence-corrected chi connectivity index (χ1v) is 14.0. The van der Waals surface area contributed by atoms with E-state index in [1.54, 1.807) is 36.0 Å². The molecule has 40 heavy (non-hydrogen) atoms. The zero-order valence-electron chi connectivity index (χ0n) is 22.3. The minimum Gasteiger partial charge on any atom is -0.419 e. The number of carbonyl (C=O) groups is 1. The van der Waals surface area contributed by atoms with Crippen LogP contribution in [0.25, 0.3) is 22.7 Å². The van der Waals surface area contributed by atoms with E-state index < -0.39 is 5.54 Å². The lowest BCUT2D eigenvalue weighted by atomic mass is 9.94. The van der Waals surface area contributed by atoms with E-state index in [9.17, 15) is 4.79 Å². The summed E-state index contributed by atoms with van der Waals surface area (Å²) in [7, 11) is 0. The SMILES string of the molecule is Cc1csc(CN(C(=O)c2cc(-c3cnccn3)cc(-c3nnc([C@](C)(N)Cc4ccccc4)o3)c2)C2CC2)n1. The molecular weight excluding hydrogens is 522 g/mol. The standard InChI is InChI=1S/C30H29N7O2S/c1-19-18-40-26(34-19)17-37(24-8-9-24)28(38)23-13-21(25-16-32-10-11-33-25)12-22(14-23)27-35-36-29(39-27)30(2,31)15-20-6-4-3-5-7-20/h3-7,10-14,16,18,24H,8-9,15,17,31H2,1-2H3/t30-/m1/s1. The first-order valence-electron chi connectivity index (χ1n) is 13.2. The third kappa shape index (κ3) is 5.68. The van der Waals surface area contributed by atoms with E-state index in [4.69, 9.17) is 10.2 Å². The number of amides is 1. The Kier molecular flexibility index (Phi) is 6.95. The van der Waals surface area contributed by atoms with E-state index in [0.29, 0.717) is 35.7 Å². The molecule has 6 rings (SSSR count). The van der Waals surface area contributed by atoms with Crippen molar-refractivity contribution in [3.05, 3.63) is 100 Å². The molecule has 3 aromatic heterocycles. The number of carbonyl (C=O) groups excluding carboxylic acids is 1. The Hall–Kier alpha value is -4.28. The predicted molar refractivity (Wildman–Crippen MR) is 152 cm³/mol. The van der Waals surface area contributed by atoms with Gasteiger partial charge in [0.25, 0.3) is 5.91 Å².